The van der Waals surface area contributed by atoms with Crippen molar-refractivity contribution in [1.29, 1.82) is 0 Å². The van der Waals surface area contributed by atoms with Crippen molar-refractivity contribution in [3.63, 3.8) is 0 Å². The largest absolute Gasteiger partial charge is 0.508 e. The van der Waals surface area contributed by atoms with Crippen LogP contribution in [-0.2, 0) is 20.0 Å². The van der Waals surface area contributed by atoms with Crippen molar-refractivity contribution in [3.05, 3.63) is 45.7 Å². The average Bonchev–Trinajstić information content (AvgIpc) is 3.36. The van der Waals surface area contributed by atoms with Crippen LogP contribution in [0.2, 0.25) is 0 Å². The van der Waals surface area contributed by atoms with Gasteiger partial charge in [-0.15, -0.1) is 21.5 Å². The molecule has 1 atom stereocenters. The van der Waals surface area contributed by atoms with Crippen LogP contribution in [0.1, 0.15) is 39.7 Å². The molecular weight excluding hydrogens is 412 g/mol. The van der Waals surface area contributed by atoms with Crippen molar-refractivity contribution in [3.8, 4) is 17.3 Å². The molecule has 2 N–H and O–H groups in total. The maximum absolute atomic E-state index is 13.2. The summed E-state index contributed by atoms with van der Waals surface area (Å²) in [7, 11) is 1.94. The Balaban J connectivity index is 1.37. The van der Waals surface area contributed by atoms with Crippen molar-refractivity contribution in [2.45, 2.75) is 45.7 Å². The SMILES string of the molecule is Cc1nc(-c2nnc3n2CCC(NC(=O)c2c(C)n(C)c4ccc(O)cc24)CC3)cs1. The van der Waals surface area contributed by atoms with Gasteiger partial charge >= 0.3 is 0 Å². The fourth-order valence-electron chi connectivity index (χ4n) is 4.39. The number of phenols is 1. The molecule has 3 aromatic heterocycles. The minimum absolute atomic E-state index is 0.0335. The van der Waals surface area contributed by atoms with E-state index in [4.69, 9.17) is 0 Å². The molecule has 4 heterocycles. The number of hydrogen-bond acceptors (Lipinski definition) is 6. The lowest BCUT2D eigenvalue weighted by molar-refractivity contribution is 0.0934. The Morgan fingerprint density at radius 3 is 2.87 bits per heavy atom. The highest BCUT2D eigenvalue weighted by atomic mass is 32.1. The number of carbonyl (C=O) groups is 1. The van der Waals surface area contributed by atoms with Crippen molar-refractivity contribution in [2.75, 3.05) is 0 Å². The minimum Gasteiger partial charge on any atom is -0.508 e. The highest BCUT2D eigenvalue weighted by Crippen LogP contribution is 2.29. The summed E-state index contributed by atoms with van der Waals surface area (Å²) in [5.41, 5.74) is 3.28. The van der Waals surface area contributed by atoms with Crippen molar-refractivity contribution in [1.82, 2.24) is 29.6 Å². The molecule has 1 aliphatic rings. The number of amides is 1. The second-order valence-corrected chi connectivity index (χ2v) is 9.12. The fraction of sp³-hybridized carbons (Fsp3) is 0.364. The Labute approximate surface area is 183 Å². The Morgan fingerprint density at radius 2 is 2.10 bits per heavy atom. The fourth-order valence-corrected chi connectivity index (χ4v) is 4.98. The number of aryl methyl sites for hydroxylation is 3. The van der Waals surface area contributed by atoms with E-state index in [1.54, 1.807) is 23.5 Å². The number of thiazole rings is 1. The lowest BCUT2D eigenvalue weighted by Gasteiger charge is -2.16. The first-order valence-electron chi connectivity index (χ1n) is 10.4. The van der Waals surface area contributed by atoms with E-state index in [0.717, 1.165) is 64.8 Å². The zero-order valence-corrected chi connectivity index (χ0v) is 18.5. The van der Waals surface area contributed by atoms with E-state index in [1.165, 1.54) is 0 Å². The van der Waals surface area contributed by atoms with Gasteiger partial charge in [-0.05, 0) is 44.9 Å². The van der Waals surface area contributed by atoms with Gasteiger partial charge < -0.3 is 19.6 Å². The summed E-state index contributed by atoms with van der Waals surface area (Å²) in [6.07, 6.45) is 2.34. The summed E-state index contributed by atoms with van der Waals surface area (Å²) in [4.78, 5) is 17.8. The molecule has 5 rings (SSSR count). The highest BCUT2D eigenvalue weighted by Gasteiger charge is 2.25. The number of hydrogen-bond donors (Lipinski definition) is 2. The molecule has 0 bridgehead atoms. The molecule has 9 heteroatoms. The Hall–Kier alpha value is -3.20. The maximum Gasteiger partial charge on any atom is 0.253 e. The van der Waals surface area contributed by atoms with E-state index in [1.807, 2.05) is 36.9 Å². The van der Waals surface area contributed by atoms with Crippen molar-refractivity contribution in [2.24, 2.45) is 7.05 Å². The third-order valence-electron chi connectivity index (χ3n) is 6.13. The van der Waals surface area contributed by atoms with E-state index < -0.39 is 0 Å². The standard InChI is InChI=1S/C22H24N6O2S/c1-12-20(16-10-15(29)5-6-18(16)27(12)3)22(30)24-14-4-7-19-25-26-21(28(19)9-8-14)17-11-31-13(2)23-17/h5-6,10-11,14,29H,4,7-9H2,1-3H3,(H,24,30). The van der Waals surface area contributed by atoms with Gasteiger partial charge in [-0.25, -0.2) is 4.98 Å². The van der Waals surface area contributed by atoms with E-state index in [0.29, 0.717) is 5.56 Å². The first-order chi connectivity index (χ1) is 14.9. The summed E-state index contributed by atoms with van der Waals surface area (Å²) < 4.78 is 4.11. The molecule has 1 aliphatic heterocycles. The molecule has 31 heavy (non-hydrogen) atoms. The molecule has 1 amide bonds. The summed E-state index contributed by atoms with van der Waals surface area (Å²) >= 11 is 1.60. The molecular formula is C22H24N6O2S. The second kappa shape index (κ2) is 7.49. The molecule has 0 radical (unpaired) electrons. The summed E-state index contributed by atoms with van der Waals surface area (Å²) in [6, 6.07) is 5.18. The maximum atomic E-state index is 13.2. The molecule has 1 unspecified atom stereocenters. The van der Waals surface area contributed by atoms with Crippen LogP contribution >= 0.6 is 11.3 Å². The number of aromatic hydroxyl groups is 1. The van der Waals surface area contributed by atoms with Crippen LogP contribution in [0.25, 0.3) is 22.4 Å². The van der Waals surface area contributed by atoms with Crippen LogP contribution in [-0.4, -0.2) is 41.4 Å². The molecule has 160 valence electrons. The highest BCUT2D eigenvalue weighted by molar-refractivity contribution is 7.09. The number of phenolic OH excluding ortho intramolecular Hbond substituents is 1. The molecule has 0 saturated carbocycles. The topological polar surface area (TPSA) is 97.9 Å². The van der Waals surface area contributed by atoms with E-state index >= 15 is 0 Å². The van der Waals surface area contributed by atoms with Gasteiger partial charge in [-0.2, -0.15) is 0 Å². The molecule has 0 fully saturated rings. The zero-order chi connectivity index (χ0) is 21.7. The second-order valence-electron chi connectivity index (χ2n) is 8.06. The van der Waals surface area contributed by atoms with Crippen LogP contribution in [0.4, 0.5) is 0 Å². The Morgan fingerprint density at radius 1 is 1.26 bits per heavy atom. The summed E-state index contributed by atoms with van der Waals surface area (Å²) in [6.45, 7) is 4.64. The van der Waals surface area contributed by atoms with Crippen LogP contribution in [0, 0.1) is 13.8 Å². The monoisotopic (exact) mass is 436 g/mol. The number of nitrogens with zero attached hydrogens (tertiary/aromatic N) is 5. The van der Waals surface area contributed by atoms with Crippen molar-refractivity contribution < 1.29 is 9.90 Å². The minimum atomic E-state index is -0.105. The summed E-state index contributed by atoms with van der Waals surface area (Å²) in [5, 5.41) is 25.7. The van der Waals surface area contributed by atoms with Gasteiger partial charge in [0.1, 0.15) is 17.3 Å². The van der Waals surface area contributed by atoms with E-state index in [9.17, 15) is 9.90 Å². The smallest absolute Gasteiger partial charge is 0.253 e. The van der Waals surface area contributed by atoms with Crippen molar-refractivity contribution >= 4 is 28.1 Å². The number of benzene rings is 1. The first-order valence-corrected chi connectivity index (χ1v) is 11.2. The van der Waals surface area contributed by atoms with Gasteiger partial charge in [-0.1, -0.05) is 0 Å². The number of rotatable bonds is 3. The number of nitrogens with one attached hydrogen (secondary N) is 1. The van der Waals surface area contributed by atoms with Gasteiger partial charge in [0, 0.05) is 48.0 Å². The Kier molecular flexibility index (Phi) is 4.77. The quantitative estimate of drug-likeness (QED) is 0.513. The zero-order valence-electron chi connectivity index (χ0n) is 17.7. The van der Waals surface area contributed by atoms with Gasteiger partial charge in [-0.3, -0.25) is 4.79 Å². The van der Waals surface area contributed by atoms with Gasteiger partial charge in [0.2, 0.25) is 0 Å². The number of carbonyl (C=O) groups excluding carboxylic acids is 1. The van der Waals surface area contributed by atoms with Crippen LogP contribution in [0.15, 0.2) is 23.6 Å². The number of aromatic nitrogens is 5. The van der Waals surface area contributed by atoms with Crippen LogP contribution < -0.4 is 5.32 Å². The molecule has 0 spiro atoms. The lowest BCUT2D eigenvalue weighted by atomic mass is 10.1. The van der Waals surface area contributed by atoms with Gasteiger partial charge in [0.05, 0.1) is 10.6 Å². The average molecular weight is 437 g/mol. The lowest BCUT2D eigenvalue weighted by Crippen LogP contribution is -2.35. The molecule has 4 aromatic rings. The third-order valence-corrected chi connectivity index (χ3v) is 6.90. The normalized spacial score (nSPS) is 16.3. The van der Waals surface area contributed by atoms with E-state index in [2.05, 4.69) is 25.1 Å². The predicted octanol–water partition coefficient (Wildman–Crippen LogP) is 3.35. The molecule has 8 nitrogen and oxygen atoms in total. The Bertz CT molecular complexity index is 1300. The number of fused-ring (bicyclic) bond motifs is 2. The van der Waals surface area contributed by atoms with Crippen LogP contribution in [0.3, 0.4) is 0 Å². The summed E-state index contributed by atoms with van der Waals surface area (Å²) in [5.74, 6) is 1.78. The third kappa shape index (κ3) is 3.38. The molecule has 0 aliphatic carbocycles. The molecule has 0 saturated heterocycles. The predicted molar refractivity (Wildman–Crippen MR) is 119 cm³/mol. The van der Waals surface area contributed by atoms with Gasteiger partial charge in [0.25, 0.3) is 5.91 Å². The van der Waals surface area contributed by atoms with Crippen LogP contribution in [0.5, 0.6) is 5.75 Å². The van der Waals surface area contributed by atoms with E-state index in [-0.39, 0.29) is 17.7 Å². The molecule has 1 aromatic carbocycles. The van der Waals surface area contributed by atoms with Gasteiger partial charge in [0.15, 0.2) is 5.82 Å². The first kappa shape index (κ1) is 19.7.